The van der Waals surface area contributed by atoms with Gasteiger partial charge in [-0.15, -0.1) is 0 Å². The van der Waals surface area contributed by atoms with Crippen molar-refractivity contribution in [1.29, 1.82) is 0 Å². The number of carboxylic acid groups (broad SMARTS) is 1. The van der Waals surface area contributed by atoms with Crippen molar-refractivity contribution in [1.82, 2.24) is 4.72 Å². The quantitative estimate of drug-likeness (QED) is 0.544. The van der Waals surface area contributed by atoms with Crippen molar-refractivity contribution < 1.29 is 23.1 Å². The largest absolute Gasteiger partial charge is 0.481 e. The third-order valence-electron chi connectivity index (χ3n) is 1.70. The van der Waals surface area contributed by atoms with E-state index < -0.39 is 16.0 Å². The lowest BCUT2D eigenvalue weighted by atomic mass is 10.2. The molecule has 0 bridgehead atoms. The molecular weight excluding hydrogens is 222 g/mol. The summed E-state index contributed by atoms with van der Waals surface area (Å²) in [5.74, 6) is -0.931. The summed E-state index contributed by atoms with van der Waals surface area (Å²) in [6.07, 6.45) is 1.07. The van der Waals surface area contributed by atoms with Gasteiger partial charge in [0.1, 0.15) is 0 Å². The molecule has 0 unspecified atom stereocenters. The number of methoxy groups -OCH3 is 1. The highest BCUT2D eigenvalue weighted by Crippen LogP contribution is 1.94. The summed E-state index contributed by atoms with van der Waals surface area (Å²) in [6, 6.07) is 0. The Kier molecular flexibility index (Phi) is 7.27. The van der Waals surface area contributed by atoms with Crippen LogP contribution in [-0.2, 0) is 19.6 Å². The minimum absolute atomic E-state index is 0.0670. The van der Waals surface area contributed by atoms with Crippen molar-refractivity contribution in [3.05, 3.63) is 0 Å². The van der Waals surface area contributed by atoms with Crippen molar-refractivity contribution >= 4 is 16.0 Å². The smallest absolute Gasteiger partial charge is 0.303 e. The molecule has 7 heteroatoms. The number of rotatable bonds is 9. The maximum Gasteiger partial charge on any atom is 0.303 e. The van der Waals surface area contributed by atoms with Crippen molar-refractivity contribution in [2.45, 2.75) is 19.3 Å². The molecule has 2 N–H and O–H groups in total. The van der Waals surface area contributed by atoms with Gasteiger partial charge >= 0.3 is 5.97 Å². The van der Waals surface area contributed by atoms with Crippen LogP contribution in [0.25, 0.3) is 0 Å². The van der Waals surface area contributed by atoms with Crippen LogP contribution in [-0.4, -0.2) is 45.5 Å². The highest BCUT2D eigenvalue weighted by atomic mass is 32.2. The third-order valence-corrected chi connectivity index (χ3v) is 3.04. The summed E-state index contributed by atoms with van der Waals surface area (Å²) in [5.41, 5.74) is 0. The van der Waals surface area contributed by atoms with Gasteiger partial charge in [-0.2, -0.15) is 0 Å². The number of hydrogen-bond donors (Lipinski definition) is 2. The Bertz CT molecular complexity index is 275. The molecule has 0 atom stereocenters. The fraction of sp³-hybridized carbons (Fsp3) is 0.875. The second-order valence-electron chi connectivity index (χ2n) is 3.06. The van der Waals surface area contributed by atoms with E-state index >= 15 is 0 Å². The zero-order valence-corrected chi connectivity index (χ0v) is 9.55. The van der Waals surface area contributed by atoms with Gasteiger partial charge in [-0.3, -0.25) is 4.79 Å². The molecule has 0 radical (unpaired) electrons. The molecule has 0 fully saturated rings. The van der Waals surface area contributed by atoms with Gasteiger partial charge in [-0.1, -0.05) is 0 Å². The topological polar surface area (TPSA) is 92.7 Å². The van der Waals surface area contributed by atoms with Gasteiger partial charge in [0.2, 0.25) is 10.0 Å². The van der Waals surface area contributed by atoms with Crippen LogP contribution in [0.15, 0.2) is 0 Å². The maximum atomic E-state index is 11.2. The van der Waals surface area contributed by atoms with Crippen LogP contribution >= 0.6 is 0 Å². The fourth-order valence-corrected chi connectivity index (χ4v) is 1.88. The second kappa shape index (κ2) is 7.61. The molecule has 0 saturated heterocycles. The Morgan fingerprint density at radius 1 is 1.40 bits per heavy atom. The predicted octanol–water partition coefficient (Wildman–Crippen LogP) is -0.193. The van der Waals surface area contributed by atoms with Crippen LogP contribution < -0.4 is 4.72 Å². The Labute approximate surface area is 89.7 Å². The zero-order valence-electron chi connectivity index (χ0n) is 8.73. The molecule has 15 heavy (non-hydrogen) atoms. The summed E-state index contributed by atoms with van der Waals surface area (Å²) in [5, 5.41) is 8.33. The third kappa shape index (κ3) is 9.64. The molecule has 0 aromatic rings. The van der Waals surface area contributed by atoms with E-state index in [1.54, 1.807) is 0 Å². The number of unbranched alkanes of at least 4 members (excludes halogenated alkanes) is 1. The lowest BCUT2D eigenvalue weighted by Gasteiger charge is -2.05. The summed E-state index contributed by atoms with van der Waals surface area (Å²) in [4.78, 5) is 10.1. The summed E-state index contributed by atoms with van der Waals surface area (Å²) >= 11 is 0. The van der Waals surface area contributed by atoms with E-state index in [-0.39, 0.29) is 25.3 Å². The normalized spacial score (nSPS) is 11.5. The van der Waals surface area contributed by atoms with Crippen LogP contribution in [0.1, 0.15) is 19.3 Å². The van der Waals surface area contributed by atoms with Gasteiger partial charge in [0.15, 0.2) is 0 Å². The first-order valence-electron chi connectivity index (χ1n) is 4.66. The molecule has 0 aliphatic carbocycles. The highest BCUT2D eigenvalue weighted by molar-refractivity contribution is 7.89. The van der Waals surface area contributed by atoms with Gasteiger partial charge in [-0.05, 0) is 12.8 Å². The Morgan fingerprint density at radius 3 is 2.60 bits per heavy atom. The van der Waals surface area contributed by atoms with Gasteiger partial charge in [-0.25, -0.2) is 13.1 Å². The molecule has 0 aliphatic rings. The average molecular weight is 239 g/mol. The number of carbonyl (C=O) groups is 1. The Balaban J connectivity index is 3.53. The lowest BCUT2D eigenvalue weighted by Crippen LogP contribution is -2.29. The van der Waals surface area contributed by atoms with Gasteiger partial charge in [0.05, 0.1) is 12.4 Å². The molecule has 0 heterocycles. The fourth-order valence-electron chi connectivity index (χ4n) is 0.894. The average Bonchev–Trinajstić information content (AvgIpc) is 2.14. The maximum absolute atomic E-state index is 11.2. The molecule has 90 valence electrons. The van der Waals surface area contributed by atoms with Crippen LogP contribution in [0.3, 0.4) is 0 Å². The Hall–Kier alpha value is -0.660. The highest BCUT2D eigenvalue weighted by Gasteiger charge is 2.08. The first-order valence-corrected chi connectivity index (χ1v) is 6.31. The number of nitrogens with one attached hydrogen (secondary N) is 1. The standard InChI is InChI=1S/C8H17NO5S/c1-14-6-7-15(12,13)9-5-3-2-4-8(10)11/h9H,2-7H2,1H3,(H,10,11). The molecule has 0 aromatic carbocycles. The molecule has 0 aromatic heterocycles. The minimum atomic E-state index is -3.27. The van der Waals surface area contributed by atoms with E-state index in [2.05, 4.69) is 9.46 Å². The molecule has 0 amide bonds. The zero-order chi connectivity index (χ0) is 11.7. The van der Waals surface area contributed by atoms with E-state index in [0.717, 1.165) is 0 Å². The predicted molar refractivity (Wildman–Crippen MR) is 55.2 cm³/mol. The lowest BCUT2D eigenvalue weighted by molar-refractivity contribution is -0.137. The van der Waals surface area contributed by atoms with Gasteiger partial charge in [0.25, 0.3) is 0 Å². The van der Waals surface area contributed by atoms with Crippen molar-refractivity contribution in [3.63, 3.8) is 0 Å². The first kappa shape index (κ1) is 14.3. The molecule has 0 rings (SSSR count). The number of aliphatic carboxylic acids is 1. The second-order valence-corrected chi connectivity index (χ2v) is 4.98. The number of hydrogen-bond acceptors (Lipinski definition) is 4. The minimum Gasteiger partial charge on any atom is -0.481 e. The molecule has 0 saturated carbocycles. The van der Waals surface area contributed by atoms with Crippen molar-refractivity contribution in [3.8, 4) is 0 Å². The van der Waals surface area contributed by atoms with Crippen LogP contribution in [0.4, 0.5) is 0 Å². The first-order chi connectivity index (χ1) is 6.98. The molecule has 6 nitrogen and oxygen atoms in total. The van der Waals surface area contributed by atoms with Crippen LogP contribution in [0, 0.1) is 0 Å². The van der Waals surface area contributed by atoms with Crippen molar-refractivity contribution in [2.24, 2.45) is 0 Å². The Morgan fingerprint density at radius 2 is 2.07 bits per heavy atom. The van der Waals surface area contributed by atoms with Crippen LogP contribution in [0.5, 0.6) is 0 Å². The van der Waals surface area contributed by atoms with Gasteiger partial charge < -0.3 is 9.84 Å². The summed E-state index contributed by atoms with van der Waals surface area (Å²) in [6.45, 7) is 0.434. The van der Waals surface area contributed by atoms with E-state index in [1.165, 1.54) is 7.11 Å². The molecular formula is C8H17NO5S. The number of carboxylic acids is 1. The molecule has 0 spiro atoms. The van der Waals surface area contributed by atoms with E-state index in [1.807, 2.05) is 0 Å². The number of sulfonamides is 1. The van der Waals surface area contributed by atoms with Gasteiger partial charge in [0, 0.05) is 20.1 Å². The van der Waals surface area contributed by atoms with Crippen molar-refractivity contribution in [2.75, 3.05) is 26.0 Å². The summed E-state index contributed by atoms with van der Waals surface area (Å²) in [7, 11) is -1.83. The molecule has 0 aliphatic heterocycles. The SMILES string of the molecule is COCCS(=O)(=O)NCCCCC(=O)O. The number of ether oxygens (including phenoxy) is 1. The monoisotopic (exact) mass is 239 g/mol. The van der Waals surface area contributed by atoms with E-state index in [4.69, 9.17) is 5.11 Å². The van der Waals surface area contributed by atoms with E-state index in [9.17, 15) is 13.2 Å². The van der Waals surface area contributed by atoms with E-state index in [0.29, 0.717) is 12.8 Å². The summed E-state index contributed by atoms with van der Waals surface area (Å²) < 4.78 is 29.4. The van der Waals surface area contributed by atoms with Crippen LogP contribution in [0.2, 0.25) is 0 Å².